The maximum absolute atomic E-state index is 12.3. The van der Waals surface area contributed by atoms with Crippen LogP contribution in [0.4, 0.5) is 5.69 Å². The van der Waals surface area contributed by atoms with Crippen molar-refractivity contribution in [3.05, 3.63) is 76.5 Å². The number of carbonyl (C=O) groups is 2. The summed E-state index contributed by atoms with van der Waals surface area (Å²) in [5, 5.41) is 2.77. The van der Waals surface area contributed by atoms with E-state index in [-0.39, 0.29) is 11.7 Å². The molecular weight excluding hydrogens is 372 g/mol. The molecule has 0 fully saturated rings. The van der Waals surface area contributed by atoms with E-state index >= 15 is 0 Å². The summed E-state index contributed by atoms with van der Waals surface area (Å²) in [5.74, 6) is -0.0736. The average Bonchev–Trinajstić information content (AvgIpc) is 3.01. The second-order valence-electron chi connectivity index (χ2n) is 5.11. The van der Waals surface area contributed by atoms with Crippen molar-refractivity contribution in [3.8, 4) is 0 Å². The molecule has 0 aliphatic heterocycles. The summed E-state index contributed by atoms with van der Waals surface area (Å²) in [7, 11) is 1.76. The van der Waals surface area contributed by atoms with Gasteiger partial charge in [-0.25, -0.2) is 4.98 Å². The molecule has 24 heavy (non-hydrogen) atoms. The number of benzene rings is 1. The number of carbonyl (C=O) groups excluding carboxylic acids is 2. The second-order valence-corrected chi connectivity index (χ2v) is 6.03. The molecule has 0 unspecified atom stereocenters. The lowest BCUT2D eigenvalue weighted by molar-refractivity contribution is 0.102. The fraction of sp³-hybridized carbons (Fsp3) is 0.0588. The number of hydrogen-bond donors (Lipinski definition) is 1. The Morgan fingerprint density at radius 2 is 1.88 bits per heavy atom. The number of ketones is 1. The molecule has 1 aromatic carbocycles. The summed E-state index contributed by atoms with van der Waals surface area (Å²) in [6.45, 7) is 0. The lowest BCUT2D eigenvalue weighted by atomic mass is 10.1. The number of halogens is 1. The molecule has 0 radical (unpaired) electrons. The number of hydrogen-bond acceptors (Lipinski definition) is 4. The number of imidazole rings is 1. The minimum absolute atomic E-state index is 0.170. The summed E-state index contributed by atoms with van der Waals surface area (Å²) >= 11 is 3.28. The van der Waals surface area contributed by atoms with Crippen LogP contribution in [0.3, 0.4) is 0 Å². The highest BCUT2D eigenvalue weighted by atomic mass is 79.9. The summed E-state index contributed by atoms with van der Waals surface area (Å²) in [5.41, 5.74) is 1.54. The van der Waals surface area contributed by atoms with Crippen LogP contribution in [0, 0.1) is 0 Å². The largest absolute Gasteiger partial charge is 0.331 e. The predicted octanol–water partition coefficient (Wildman–Crippen LogP) is 3.06. The lowest BCUT2D eigenvalue weighted by Gasteiger charge is -2.06. The highest BCUT2D eigenvalue weighted by Crippen LogP contribution is 2.15. The Bertz CT molecular complexity index is 903. The number of pyridine rings is 1. The number of rotatable bonds is 4. The molecule has 1 amide bonds. The standard InChI is InChI=1S/C17H13BrN4O2/c1-22-7-6-20-16(22)15(23)11-2-4-14(5-3-11)21-17(24)12-8-13(18)10-19-9-12/h2-10H,1H3,(H,21,24). The van der Waals surface area contributed by atoms with E-state index in [9.17, 15) is 9.59 Å². The van der Waals surface area contributed by atoms with E-state index in [1.54, 1.807) is 60.5 Å². The molecule has 6 nitrogen and oxygen atoms in total. The van der Waals surface area contributed by atoms with E-state index in [2.05, 4.69) is 31.2 Å². The molecular formula is C17H13BrN4O2. The fourth-order valence-electron chi connectivity index (χ4n) is 2.16. The van der Waals surface area contributed by atoms with Crippen molar-refractivity contribution in [2.45, 2.75) is 0 Å². The van der Waals surface area contributed by atoms with Gasteiger partial charge in [0.25, 0.3) is 5.91 Å². The van der Waals surface area contributed by atoms with Crippen LogP contribution in [0.1, 0.15) is 26.5 Å². The molecule has 0 saturated carbocycles. The maximum Gasteiger partial charge on any atom is 0.257 e. The van der Waals surface area contributed by atoms with Crippen LogP contribution < -0.4 is 5.32 Å². The Morgan fingerprint density at radius 3 is 2.50 bits per heavy atom. The quantitative estimate of drug-likeness (QED) is 0.701. The average molecular weight is 385 g/mol. The zero-order valence-corrected chi connectivity index (χ0v) is 14.3. The highest BCUT2D eigenvalue weighted by Gasteiger charge is 2.14. The SMILES string of the molecule is Cn1ccnc1C(=O)c1ccc(NC(=O)c2cncc(Br)c2)cc1. The molecule has 0 saturated heterocycles. The summed E-state index contributed by atoms with van der Waals surface area (Å²) in [4.78, 5) is 32.5. The van der Waals surface area contributed by atoms with Gasteiger partial charge in [0.15, 0.2) is 5.82 Å². The van der Waals surface area contributed by atoms with Gasteiger partial charge in [-0.15, -0.1) is 0 Å². The minimum Gasteiger partial charge on any atom is -0.331 e. The first-order valence-electron chi connectivity index (χ1n) is 7.08. The molecule has 0 aliphatic rings. The molecule has 7 heteroatoms. The van der Waals surface area contributed by atoms with Gasteiger partial charge in [-0.05, 0) is 46.3 Å². The third-order valence-electron chi connectivity index (χ3n) is 3.40. The summed E-state index contributed by atoms with van der Waals surface area (Å²) < 4.78 is 2.39. The smallest absolute Gasteiger partial charge is 0.257 e. The van der Waals surface area contributed by atoms with Crippen molar-refractivity contribution in [1.82, 2.24) is 14.5 Å². The zero-order chi connectivity index (χ0) is 17.1. The maximum atomic E-state index is 12.3. The van der Waals surface area contributed by atoms with Crippen LogP contribution in [-0.4, -0.2) is 26.2 Å². The zero-order valence-electron chi connectivity index (χ0n) is 12.7. The third kappa shape index (κ3) is 3.41. The van der Waals surface area contributed by atoms with Crippen LogP contribution in [0.15, 0.2) is 59.6 Å². The summed E-state index contributed by atoms with van der Waals surface area (Å²) in [6.07, 6.45) is 6.38. The van der Waals surface area contributed by atoms with E-state index in [0.29, 0.717) is 22.6 Å². The van der Waals surface area contributed by atoms with E-state index < -0.39 is 0 Å². The Morgan fingerprint density at radius 1 is 1.12 bits per heavy atom. The number of aryl methyl sites for hydroxylation is 1. The van der Waals surface area contributed by atoms with Crippen molar-refractivity contribution in [1.29, 1.82) is 0 Å². The Balaban J connectivity index is 1.74. The predicted molar refractivity (Wildman–Crippen MR) is 93.0 cm³/mol. The first-order chi connectivity index (χ1) is 11.5. The van der Waals surface area contributed by atoms with Gasteiger partial charge in [0.05, 0.1) is 5.56 Å². The van der Waals surface area contributed by atoms with Gasteiger partial charge in [0, 0.05) is 47.6 Å². The first kappa shape index (κ1) is 16.1. The minimum atomic E-state index is -0.271. The number of nitrogens with one attached hydrogen (secondary N) is 1. The van der Waals surface area contributed by atoms with E-state index in [4.69, 9.17) is 0 Å². The Kier molecular flexibility index (Phi) is 4.52. The summed E-state index contributed by atoms with van der Waals surface area (Å²) in [6, 6.07) is 8.36. The number of anilines is 1. The molecule has 0 aliphatic carbocycles. The van der Waals surface area contributed by atoms with Gasteiger partial charge in [-0.2, -0.15) is 0 Å². The molecule has 2 aromatic heterocycles. The van der Waals surface area contributed by atoms with E-state index in [1.807, 2.05) is 0 Å². The van der Waals surface area contributed by atoms with Crippen LogP contribution in [0.25, 0.3) is 0 Å². The Hall–Kier alpha value is -2.80. The molecule has 120 valence electrons. The highest BCUT2D eigenvalue weighted by molar-refractivity contribution is 9.10. The fourth-order valence-corrected chi connectivity index (χ4v) is 2.52. The van der Waals surface area contributed by atoms with Crippen molar-refractivity contribution < 1.29 is 9.59 Å². The van der Waals surface area contributed by atoms with Crippen LogP contribution >= 0.6 is 15.9 Å². The third-order valence-corrected chi connectivity index (χ3v) is 3.83. The topological polar surface area (TPSA) is 76.9 Å². The normalized spacial score (nSPS) is 10.4. The van der Waals surface area contributed by atoms with E-state index in [1.165, 1.54) is 6.20 Å². The molecule has 1 N–H and O–H groups in total. The number of amides is 1. The number of aromatic nitrogens is 3. The van der Waals surface area contributed by atoms with Crippen molar-refractivity contribution >= 4 is 33.3 Å². The van der Waals surface area contributed by atoms with Crippen molar-refractivity contribution in [2.24, 2.45) is 7.05 Å². The van der Waals surface area contributed by atoms with Gasteiger partial charge in [0.2, 0.25) is 5.78 Å². The van der Waals surface area contributed by atoms with Crippen molar-refractivity contribution in [3.63, 3.8) is 0 Å². The molecule has 2 heterocycles. The lowest BCUT2D eigenvalue weighted by Crippen LogP contribution is -2.13. The second kappa shape index (κ2) is 6.76. The van der Waals surface area contributed by atoms with Gasteiger partial charge in [0.1, 0.15) is 0 Å². The molecule has 0 atom stereocenters. The van der Waals surface area contributed by atoms with E-state index in [0.717, 1.165) is 4.47 Å². The van der Waals surface area contributed by atoms with Crippen LogP contribution in [0.5, 0.6) is 0 Å². The van der Waals surface area contributed by atoms with Crippen LogP contribution in [-0.2, 0) is 7.05 Å². The molecule has 0 bridgehead atoms. The molecule has 3 rings (SSSR count). The van der Waals surface area contributed by atoms with Crippen LogP contribution in [0.2, 0.25) is 0 Å². The molecule has 0 spiro atoms. The van der Waals surface area contributed by atoms with Gasteiger partial charge < -0.3 is 9.88 Å². The number of nitrogens with zero attached hydrogens (tertiary/aromatic N) is 3. The van der Waals surface area contributed by atoms with Gasteiger partial charge in [-0.3, -0.25) is 14.6 Å². The van der Waals surface area contributed by atoms with Crippen molar-refractivity contribution in [2.75, 3.05) is 5.32 Å². The van der Waals surface area contributed by atoms with Gasteiger partial charge in [-0.1, -0.05) is 0 Å². The molecule has 3 aromatic rings. The Labute approximate surface area is 146 Å². The first-order valence-corrected chi connectivity index (χ1v) is 7.88. The van der Waals surface area contributed by atoms with Gasteiger partial charge >= 0.3 is 0 Å². The monoisotopic (exact) mass is 384 g/mol.